The van der Waals surface area contributed by atoms with E-state index in [2.05, 4.69) is 50.1 Å². The van der Waals surface area contributed by atoms with Crippen molar-refractivity contribution in [1.29, 1.82) is 0 Å². The standard InChI is InChI=1S/C14H10N2O.C14H12N2.C10H10N2/c17-10-11-9-14(16-7-3-4-8-16)12-5-1-2-6-13(12)15-11;1-11-10-14(16-8-4-5-9-16)12-6-2-3-7-13(12)15-11;1-7-6-9(11)8-4-2-3-5-10(8)12-7/h1-10H;2-10H,1H3;2-6H,1H3,(H2,11,12). The third-order valence-corrected chi connectivity index (χ3v) is 7.30. The van der Waals surface area contributed by atoms with Crippen molar-refractivity contribution in [3.63, 3.8) is 0 Å². The molecule has 0 aliphatic heterocycles. The number of rotatable bonds is 3. The zero-order valence-corrected chi connectivity index (χ0v) is 25.1. The average Bonchev–Trinajstić information content (AvgIpc) is 3.80. The van der Waals surface area contributed by atoms with Gasteiger partial charge in [-0.15, -0.1) is 0 Å². The summed E-state index contributed by atoms with van der Waals surface area (Å²) in [5.74, 6) is 0. The van der Waals surface area contributed by atoms with Crippen molar-refractivity contribution in [3.05, 3.63) is 157 Å². The van der Waals surface area contributed by atoms with Crippen LogP contribution in [0.4, 0.5) is 5.69 Å². The van der Waals surface area contributed by atoms with Gasteiger partial charge in [0.15, 0.2) is 6.29 Å². The SMILES string of the molecule is Cc1cc(-n2cccc2)c2ccccc2n1.Cc1cc(N)c2ccccc2n1.O=Cc1cc(-n2cccc2)c2ccccc2n1. The number of aryl methyl sites for hydroxylation is 2. The van der Waals surface area contributed by atoms with Crippen LogP contribution in [0.25, 0.3) is 44.1 Å². The zero-order valence-electron chi connectivity index (χ0n) is 25.1. The molecule has 3 aromatic carbocycles. The fourth-order valence-corrected chi connectivity index (χ4v) is 5.28. The lowest BCUT2D eigenvalue weighted by Gasteiger charge is -2.08. The van der Waals surface area contributed by atoms with Crippen molar-refractivity contribution >= 4 is 44.7 Å². The molecule has 0 saturated carbocycles. The molecule has 0 amide bonds. The maximum Gasteiger partial charge on any atom is 0.168 e. The molecule has 8 aromatic rings. The lowest BCUT2D eigenvalue weighted by Crippen LogP contribution is -1.96. The second-order valence-electron chi connectivity index (χ2n) is 10.6. The molecule has 0 aliphatic carbocycles. The van der Waals surface area contributed by atoms with Gasteiger partial charge in [-0.3, -0.25) is 14.8 Å². The van der Waals surface area contributed by atoms with Crippen molar-refractivity contribution in [1.82, 2.24) is 24.1 Å². The lowest BCUT2D eigenvalue weighted by molar-refractivity contribution is 0.111. The Hall–Kier alpha value is -6.08. The van der Waals surface area contributed by atoms with Crippen LogP contribution in [0, 0.1) is 13.8 Å². The summed E-state index contributed by atoms with van der Waals surface area (Å²) >= 11 is 0. The van der Waals surface area contributed by atoms with E-state index in [4.69, 9.17) is 5.73 Å². The van der Waals surface area contributed by atoms with Crippen molar-refractivity contribution in [2.24, 2.45) is 0 Å². The van der Waals surface area contributed by atoms with Gasteiger partial charge < -0.3 is 14.9 Å². The second-order valence-corrected chi connectivity index (χ2v) is 10.6. The summed E-state index contributed by atoms with van der Waals surface area (Å²) in [6.45, 7) is 3.97. The highest BCUT2D eigenvalue weighted by Crippen LogP contribution is 2.23. The van der Waals surface area contributed by atoms with Crippen LogP contribution in [-0.4, -0.2) is 30.4 Å². The van der Waals surface area contributed by atoms with Gasteiger partial charge in [0.05, 0.1) is 27.9 Å². The Bertz CT molecular complexity index is 2220. The summed E-state index contributed by atoms with van der Waals surface area (Å²) in [6.07, 6.45) is 8.80. The summed E-state index contributed by atoms with van der Waals surface area (Å²) < 4.78 is 4.11. The zero-order chi connectivity index (χ0) is 31.2. The van der Waals surface area contributed by atoms with Crippen molar-refractivity contribution in [2.45, 2.75) is 13.8 Å². The van der Waals surface area contributed by atoms with Crippen molar-refractivity contribution < 1.29 is 4.79 Å². The van der Waals surface area contributed by atoms with Crippen LogP contribution in [0.5, 0.6) is 0 Å². The molecule has 45 heavy (non-hydrogen) atoms. The Balaban J connectivity index is 0.000000121. The van der Waals surface area contributed by atoms with E-state index in [9.17, 15) is 4.79 Å². The number of anilines is 1. The molecule has 0 spiro atoms. The van der Waals surface area contributed by atoms with Gasteiger partial charge in [-0.2, -0.15) is 0 Å². The van der Waals surface area contributed by atoms with Gasteiger partial charge in [0.1, 0.15) is 5.69 Å². The minimum atomic E-state index is 0.451. The van der Waals surface area contributed by atoms with Gasteiger partial charge in [-0.05, 0) is 74.5 Å². The van der Waals surface area contributed by atoms with Crippen LogP contribution in [0.2, 0.25) is 0 Å². The molecule has 2 N–H and O–H groups in total. The first-order valence-electron chi connectivity index (χ1n) is 14.6. The normalized spacial score (nSPS) is 10.6. The predicted octanol–water partition coefficient (Wildman–Crippen LogP) is 8.30. The minimum absolute atomic E-state index is 0.451. The summed E-state index contributed by atoms with van der Waals surface area (Å²) in [6, 6.07) is 37.7. The quantitative estimate of drug-likeness (QED) is 0.210. The number of carbonyl (C=O) groups is 1. The molecule has 8 rings (SSSR count). The van der Waals surface area contributed by atoms with Crippen LogP contribution in [-0.2, 0) is 0 Å². The Morgan fingerprint density at radius 2 is 0.956 bits per heavy atom. The van der Waals surface area contributed by atoms with E-state index in [-0.39, 0.29) is 0 Å². The number of para-hydroxylation sites is 3. The first-order valence-corrected chi connectivity index (χ1v) is 14.6. The Morgan fingerprint density at radius 1 is 0.533 bits per heavy atom. The number of hydrogen-bond donors (Lipinski definition) is 1. The number of nitrogen functional groups attached to an aromatic ring is 1. The third kappa shape index (κ3) is 6.48. The van der Waals surface area contributed by atoms with Crippen LogP contribution in [0.1, 0.15) is 21.9 Å². The van der Waals surface area contributed by atoms with E-state index in [0.717, 1.165) is 56.4 Å². The van der Waals surface area contributed by atoms with Gasteiger partial charge in [0.2, 0.25) is 0 Å². The fourth-order valence-electron chi connectivity index (χ4n) is 5.28. The molecule has 0 radical (unpaired) electrons. The molecule has 0 atom stereocenters. The first kappa shape index (κ1) is 29.0. The fraction of sp³-hybridized carbons (Fsp3) is 0.0526. The van der Waals surface area contributed by atoms with E-state index in [1.54, 1.807) is 6.07 Å². The van der Waals surface area contributed by atoms with E-state index in [0.29, 0.717) is 5.69 Å². The van der Waals surface area contributed by atoms with Gasteiger partial charge in [0, 0.05) is 58.0 Å². The number of benzene rings is 3. The monoisotopic (exact) mass is 588 g/mol. The number of fused-ring (bicyclic) bond motifs is 3. The second kappa shape index (κ2) is 13.1. The molecule has 7 nitrogen and oxygen atoms in total. The van der Waals surface area contributed by atoms with Crippen LogP contribution < -0.4 is 5.73 Å². The van der Waals surface area contributed by atoms with E-state index in [1.165, 1.54) is 11.1 Å². The molecule has 0 saturated heterocycles. The maximum atomic E-state index is 10.9. The number of aromatic nitrogens is 5. The lowest BCUT2D eigenvalue weighted by atomic mass is 10.1. The van der Waals surface area contributed by atoms with Crippen molar-refractivity contribution in [2.75, 3.05) is 5.73 Å². The Kier molecular flexibility index (Phi) is 8.42. The van der Waals surface area contributed by atoms with Crippen LogP contribution in [0.15, 0.2) is 140 Å². The van der Waals surface area contributed by atoms with Gasteiger partial charge in [0.25, 0.3) is 0 Å². The van der Waals surface area contributed by atoms with E-state index in [1.807, 2.05) is 122 Å². The predicted molar refractivity (Wildman–Crippen MR) is 183 cm³/mol. The topological polar surface area (TPSA) is 91.6 Å². The maximum absolute atomic E-state index is 10.9. The number of aldehydes is 1. The molecule has 220 valence electrons. The summed E-state index contributed by atoms with van der Waals surface area (Å²) in [4.78, 5) is 24.1. The van der Waals surface area contributed by atoms with Gasteiger partial charge in [-0.1, -0.05) is 54.6 Å². The molecule has 0 bridgehead atoms. The summed E-state index contributed by atoms with van der Waals surface area (Å²) in [5.41, 5.74) is 14.1. The molecule has 5 heterocycles. The smallest absolute Gasteiger partial charge is 0.168 e. The minimum Gasteiger partial charge on any atom is -0.398 e. The summed E-state index contributed by atoms with van der Waals surface area (Å²) in [7, 11) is 0. The number of pyridine rings is 3. The molecule has 5 aromatic heterocycles. The summed E-state index contributed by atoms with van der Waals surface area (Å²) in [5, 5.41) is 3.25. The van der Waals surface area contributed by atoms with Crippen LogP contribution in [0.3, 0.4) is 0 Å². The molecular formula is C38H32N6O. The largest absolute Gasteiger partial charge is 0.398 e. The van der Waals surface area contributed by atoms with Crippen molar-refractivity contribution in [3.8, 4) is 11.4 Å². The first-order chi connectivity index (χ1) is 22.0. The Morgan fingerprint density at radius 3 is 1.49 bits per heavy atom. The molecule has 0 fully saturated rings. The van der Waals surface area contributed by atoms with Crippen LogP contribution >= 0.6 is 0 Å². The third-order valence-electron chi connectivity index (χ3n) is 7.30. The number of carbonyl (C=O) groups excluding carboxylic acids is 1. The molecule has 0 aliphatic rings. The average molecular weight is 589 g/mol. The highest BCUT2D eigenvalue weighted by Gasteiger charge is 2.06. The van der Waals surface area contributed by atoms with Gasteiger partial charge >= 0.3 is 0 Å². The number of hydrogen-bond acceptors (Lipinski definition) is 5. The number of nitrogens with two attached hydrogens (primary N) is 1. The molecule has 0 unspecified atom stereocenters. The van der Waals surface area contributed by atoms with Gasteiger partial charge in [-0.25, -0.2) is 4.98 Å². The van der Waals surface area contributed by atoms with E-state index >= 15 is 0 Å². The highest BCUT2D eigenvalue weighted by molar-refractivity contribution is 5.91. The molecular weight excluding hydrogens is 556 g/mol. The highest BCUT2D eigenvalue weighted by atomic mass is 16.1. The number of nitrogens with zero attached hydrogens (tertiary/aromatic N) is 5. The van der Waals surface area contributed by atoms with E-state index < -0.39 is 0 Å². The molecule has 7 heteroatoms. The Labute approximate surface area is 261 Å².